The molecular weight excluding hydrogens is 208 g/mol. The summed E-state index contributed by atoms with van der Waals surface area (Å²) in [5, 5.41) is 1.90. The van der Waals surface area contributed by atoms with Gasteiger partial charge in [-0.2, -0.15) is 0 Å². The summed E-state index contributed by atoms with van der Waals surface area (Å²) in [6.45, 7) is 0. The number of ketones is 1. The molecule has 0 bridgehead atoms. The summed E-state index contributed by atoms with van der Waals surface area (Å²) in [6, 6.07) is 8.23. The van der Waals surface area contributed by atoms with Crippen molar-refractivity contribution in [3.8, 4) is 10.4 Å². The molecule has 2 nitrogen and oxygen atoms in total. The third-order valence-electron chi connectivity index (χ3n) is 2.50. The molecule has 1 aliphatic rings. The third kappa shape index (κ3) is 1.10. The zero-order valence-electron chi connectivity index (χ0n) is 7.69. The Morgan fingerprint density at radius 3 is 2.67 bits per heavy atom. The fourth-order valence-electron chi connectivity index (χ4n) is 1.82. The van der Waals surface area contributed by atoms with E-state index in [1.54, 1.807) is 6.07 Å². The molecule has 0 atom stereocenters. The highest BCUT2D eigenvalue weighted by Gasteiger charge is 2.26. The van der Waals surface area contributed by atoms with Crippen molar-refractivity contribution in [1.82, 2.24) is 0 Å². The molecule has 0 N–H and O–H groups in total. The second-order valence-corrected chi connectivity index (χ2v) is 4.31. The van der Waals surface area contributed by atoms with Crippen molar-refractivity contribution in [3.63, 3.8) is 0 Å². The average molecular weight is 214 g/mol. The van der Waals surface area contributed by atoms with Crippen molar-refractivity contribution in [1.29, 1.82) is 0 Å². The molecule has 0 saturated heterocycles. The van der Waals surface area contributed by atoms with Crippen molar-refractivity contribution in [3.05, 3.63) is 57.1 Å². The lowest BCUT2D eigenvalue weighted by Gasteiger charge is -1.89. The van der Waals surface area contributed by atoms with Crippen LogP contribution in [0.5, 0.6) is 0 Å². The van der Waals surface area contributed by atoms with E-state index in [9.17, 15) is 9.59 Å². The van der Waals surface area contributed by atoms with Crippen molar-refractivity contribution >= 4 is 17.1 Å². The molecule has 3 heteroatoms. The van der Waals surface area contributed by atoms with E-state index in [1.165, 1.54) is 23.5 Å². The Morgan fingerprint density at radius 1 is 0.933 bits per heavy atom. The molecule has 1 aliphatic carbocycles. The molecule has 0 radical (unpaired) electrons. The van der Waals surface area contributed by atoms with Crippen molar-refractivity contribution in [2.45, 2.75) is 0 Å². The molecular formula is C12H6O2S. The number of fused-ring (bicyclic) bond motifs is 3. The lowest BCUT2D eigenvalue weighted by atomic mass is 10.1. The third-order valence-corrected chi connectivity index (χ3v) is 3.45. The fourth-order valence-corrected chi connectivity index (χ4v) is 2.76. The van der Waals surface area contributed by atoms with Gasteiger partial charge in [0.05, 0.1) is 0 Å². The Balaban J connectivity index is 2.46. The Kier molecular flexibility index (Phi) is 1.64. The van der Waals surface area contributed by atoms with E-state index in [1.807, 2.05) is 17.5 Å². The predicted molar refractivity (Wildman–Crippen MR) is 59.5 cm³/mol. The molecule has 1 aromatic carbocycles. The van der Waals surface area contributed by atoms with E-state index in [2.05, 4.69) is 0 Å². The van der Waals surface area contributed by atoms with E-state index >= 15 is 0 Å². The van der Waals surface area contributed by atoms with E-state index < -0.39 is 0 Å². The van der Waals surface area contributed by atoms with Gasteiger partial charge in [-0.15, -0.1) is 11.3 Å². The summed E-state index contributed by atoms with van der Waals surface area (Å²) in [6.07, 6.45) is 0. The van der Waals surface area contributed by atoms with Crippen LogP contribution < -0.4 is 5.43 Å². The molecule has 3 rings (SSSR count). The summed E-state index contributed by atoms with van der Waals surface area (Å²) in [5.74, 6) is -0.0328. The van der Waals surface area contributed by atoms with Gasteiger partial charge < -0.3 is 0 Å². The predicted octanol–water partition coefficient (Wildman–Crippen LogP) is 2.32. The molecule has 15 heavy (non-hydrogen) atoms. The smallest absolute Gasteiger partial charge is 0.195 e. The van der Waals surface area contributed by atoms with Gasteiger partial charge in [0.15, 0.2) is 11.2 Å². The minimum Gasteiger partial charge on any atom is -0.290 e. The maximum atomic E-state index is 11.9. The highest BCUT2D eigenvalue weighted by Crippen LogP contribution is 2.39. The summed E-state index contributed by atoms with van der Waals surface area (Å²) >= 11 is 1.54. The topological polar surface area (TPSA) is 34.1 Å². The quantitative estimate of drug-likeness (QED) is 0.575. The van der Waals surface area contributed by atoms with Gasteiger partial charge in [-0.3, -0.25) is 9.59 Å². The highest BCUT2D eigenvalue weighted by atomic mass is 32.1. The second-order valence-electron chi connectivity index (χ2n) is 3.39. The number of thiophene rings is 1. The first kappa shape index (κ1) is 8.56. The maximum absolute atomic E-state index is 11.9. The van der Waals surface area contributed by atoms with E-state index in [4.69, 9.17) is 0 Å². The van der Waals surface area contributed by atoms with Gasteiger partial charge in [-0.25, -0.2) is 0 Å². The van der Waals surface area contributed by atoms with Crippen LogP contribution in [0.15, 0.2) is 40.5 Å². The summed E-state index contributed by atoms with van der Waals surface area (Å²) in [5.41, 5.74) is 2.01. The van der Waals surface area contributed by atoms with Crippen molar-refractivity contribution in [2.75, 3.05) is 0 Å². The van der Waals surface area contributed by atoms with Gasteiger partial charge in [0.1, 0.15) is 0 Å². The molecule has 0 amide bonds. The molecule has 2 aromatic rings. The molecule has 0 spiro atoms. The minimum atomic E-state index is -0.125. The number of carbonyl (C=O) groups excluding carboxylic acids is 1. The highest BCUT2D eigenvalue weighted by molar-refractivity contribution is 7.14. The molecule has 1 aromatic heterocycles. The van der Waals surface area contributed by atoms with Crippen LogP contribution in [-0.4, -0.2) is 5.78 Å². The van der Waals surface area contributed by atoms with Crippen LogP contribution in [0.25, 0.3) is 10.4 Å². The lowest BCUT2D eigenvalue weighted by Crippen LogP contribution is -1.98. The SMILES string of the molecule is O=C1c2cc(=O)cccc2-c2sccc21. The van der Waals surface area contributed by atoms with Crippen LogP contribution in [0, 0.1) is 0 Å². The second kappa shape index (κ2) is 2.87. The van der Waals surface area contributed by atoms with E-state index in [-0.39, 0.29) is 11.2 Å². The monoisotopic (exact) mass is 214 g/mol. The largest absolute Gasteiger partial charge is 0.290 e. The standard InChI is InChI=1S/C12H6O2S/c13-7-2-1-3-8-10(6-7)11(14)9-4-5-15-12(8)9/h1-6H. The van der Waals surface area contributed by atoms with Crippen LogP contribution in [0.1, 0.15) is 15.9 Å². The van der Waals surface area contributed by atoms with Crippen molar-refractivity contribution < 1.29 is 4.79 Å². The summed E-state index contributed by atoms with van der Waals surface area (Å²) in [7, 11) is 0. The molecule has 0 unspecified atom stereocenters. The number of hydrogen-bond donors (Lipinski definition) is 0. The van der Waals surface area contributed by atoms with Crippen LogP contribution in [-0.2, 0) is 0 Å². The first-order valence-electron chi connectivity index (χ1n) is 4.54. The zero-order chi connectivity index (χ0) is 10.4. The number of carbonyl (C=O) groups is 1. The Labute approximate surface area is 89.8 Å². The molecule has 0 fully saturated rings. The minimum absolute atomic E-state index is 0.0328. The van der Waals surface area contributed by atoms with E-state index in [0.29, 0.717) is 5.56 Å². The van der Waals surface area contributed by atoms with Gasteiger partial charge in [0, 0.05) is 21.6 Å². The van der Waals surface area contributed by atoms with E-state index in [0.717, 1.165) is 16.0 Å². The van der Waals surface area contributed by atoms with Crippen LogP contribution in [0.4, 0.5) is 0 Å². The lowest BCUT2D eigenvalue weighted by molar-refractivity contribution is 0.104. The van der Waals surface area contributed by atoms with Gasteiger partial charge in [0.25, 0.3) is 0 Å². The number of rotatable bonds is 0. The van der Waals surface area contributed by atoms with Crippen molar-refractivity contribution in [2.24, 2.45) is 0 Å². The summed E-state index contributed by atoms with van der Waals surface area (Å²) < 4.78 is 0. The van der Waals surface area contributed by atoms with Crippen LogP contribution >= 0.6 is 11.3 Å². The van der Waals surface area contributed by atoms with Gasteiger partial charge in [0.2, 0.25) is 0 Å². The van der Waals surface area contributed by atoms with Gasteiger partial charge in [-0.05, 0) is 23.6 Å². The number of hydrogen-bond acceptors (Lipinski definition) is 3. The Bertz CT molecular complexity index is 626. The maximum Gasteiger partial charge on any atom is 0.195 e. The molecule has 1 heterocycles. The first-order valence-corrected chi connectivity index (χ1v) is 5.42. The van der Waals surface area contributed by atoms with Gasteiger partial charge >= 0.3 is 0 Å². The molecule has 0 saturated carbocycles. The fraction of sp³-hybridized carbons (Fsp3) is 0. The molecule has 0 aliphatic heterocycles. The Hall–Kier alpha value is -1.74. The van der Waals surface area contributed by atoms with Gasteiger partial charge in [-0.1, -0.05) is 12.1 Å². The first-order chi connectivity index (χ1) is 7.27. The van der Waals surface area contributed by atoms with Crippen LogP contribution in [0.3, 0.4) is 0 Å². The average Bonchev–Trinajstić information content (AvgIpc) is 2.70. The normalized spacial score (nSPS) is 12.4. The van der Waals surface area contributed by atoms with Crippen LogP contribution in [0.2, 0.25) is 0 Å². The summed E-state index contributed by atoms with van der Waals surface area (Å²) in [4.78, 5) is 24.2. The zero-order valence-corrected chi connectivity index (χ0v) is 8.51. The Morgan fingerprint density at radius 2 is 1.80 bits per heavy atom. The molecule has 72 valence electrons.